The molecule has 1 aromatic heterocycles. The lowest BCUT2D eigenvalue weighted by Crippen LogP contribution is -2.26. The number of fused-ring (bicyclic) bond motifs is 1. The predicted octanol–water partition coefficient (Wildman–Crippen LogP) is 5.19. The summed E-state index contributed by atoms with van der Waals surface area (Å²) in [6.07, 6.45) is -4.39. The van der Waals surface area contributed by atoms with Crippen molar-refractivity contribution in [2.75, 3.05) is 7.05 Å². The lowest BCUT2D eigenvalue weighted by Gasteiger charge is -2.18. The summed E-state index contributed by atoms with van der Waals surface area (Å²) in [5.74, 6) is -0.204. The second-order valence-corrected chi connectivity index (χ2v) is 6.42. The minimum atomic E-state index is -4.39. The maximum absolute atomic E-state index is 12.8. The van der Waals surface area contributed by atoms with Crippen LogP contribution in [0.25, 0.3) is 10.1 Å². The normalized spacial score (nSPS) is 11.7. The summed E-state index contributed by atoms with van der Waals surface area (Å²) in [6, 6.07) is 12.6. The van der Waals surface area contributed by atoms with Crippen molar-refractivity contribution in [1.82, 2.24) is 4.90 Å². The molecule has 0 aliphatic heterocycles. The van der Waals surface area contributed by atoms with E-state index in [2.05, 4.69) is 0 Å². The van der Waals surface area contributed by atoms with Crippen molar-refractivity contribution >= 4 is 27.3 Å². The number of carbonyl (C=O) groups is 1. The molecule has 0 spiro atoms. The van der Waals surface area contributed by atoms with Gasteiger partial charge in [0.15, 0.2) is 0 Å². The van der Waals surface area contributed by atoms with Crippen LogP contribution in [0.15, 0.2) is 53.9 Å². The Hall–Kier alpha value is -2.34. The molecular weight excluding hydrogens is 335 g/mol. The van der Waals surface area contributed by atoms with Gasteiger partial charge in [0.1, 0.15) is 0 Å². The smallest absolute Gasteiger partial charge is 0.337 e. The zero-order valence-corrected chi connectivity index (χ0v) is 13.6. The van der Waals surface area contributed by atoms with E-state index in [4.69, 9.17) is 0 Å². The molecule has 6 heteroatoms. The van der Waals surface area contributed by atoms with Gasteiger partial charge in [-0.3, -0.25) is 4.79 Å². The highest BCUT2D eigenvalue weighted by molar-refractivity contribution is 7.17. The van der Waals surface area contributed by atoms with Crippen molar-refractivity contribution in [3.8, 4) is 0 Å². The van der Waals surface area contributed by atoms with Crippen molar-refractivity contribution < 1.29 is 18.0 Å². The van der Waals surface area contributed by atoms with Crippen LogP contribution in [-0.2, 0) is 12.7 Å². The molecule has 0 saturated heterocycles. The summed E-state index contributed by atoms with van der Waals surface area (Å²) in [7, 11) is 1.59. The number of halogens is 3. The number of hydrogen-bond donors (Lipinski definition) is 0. The van der Waals surface area contributed by atoms with Crippen LogP contribution in [0.4, 0.5) is 13.2 Å². The third kappa shape index (κ3) is 3.28. The van der Waals surface area contributed by atoms with Crippen LogP contribution in [0.5, 0.6) is 0 Å². The van der Waals surface area contributed by atoms with E-state index in [0.717, 1.165) is 22.2 Å². The number of hydrogen-bond acceptors (Lipinski definition) is 2. The second-order valence-electron chi connectivity index (χ2n) is 5.50. The summed E-state index contributed by atoms with van der Waals surface area (Å²) < 4.78 is 39.4. The zero-order chi connectivity index (χ0) is 17.3. The Morgan fingerprint density at radius 3 is 2.62 bits per heavy atom. The average Bonchev–Trinajstić information content (AvgIpc) is 2.97. The maximum Gasteiger partial charge on any atom is 0.416 e. The first-order chi connectivity index (χ1) is 11.4. The van der Waals surface area contributed by atoms with E-state index in [0.29, 0.717) is 11.1 Å². The van der Waals surface area contributed by atoms with Gasteiger partial charge < -0.3 is 4.90 Å². The van der Waals surface area contributed by atoms with Crippen molar-refractivity contribution in [1.29, 1.82) is 0 Å². The summed E-state index contributed by atoms with van der Waals surface area (Å²) in [5, 5.41) is 2.65. The summed E-state index contributed by atoms with van der Waals surface area (Å²) >= 11 is 1.48. The Balaban J connectivity index is 1.82. The molecule has 0 bridgehead atoms. The first-order valence-corrected chi connectivity index (χ1v) is 8.12. The fraction of sp³-hybridized carbons (Fsp3) is 0.167. The van der Waals surface area contributed by atoms with Crippen LogP contribution in [0, 0.1) is 0 Å². The molecule has 3 aromatic rings. The molecule has 1 heterocycles. The summed E-state index contributed by atoms with van der Waals surface area (Å²) in [5.41, 5.74) is 0.312. The fourth-order valence-corrected chi connectivity index (χ4v) is 3.48. The zero-order valence-electron chi connectivity index (χ0n) is 12.8. The number of amides is 1. The molecule has 0 aliphatic carbocycles. The molecule has 0 radical (unpaired) electrons. The quantitative estimate of drug-likeness (QED) is 0.637. The number of nitrogens with zero attached hydrogens (tertiary/aromatic N) is 1. The maximum atomic E-state index is 12.8. The average molecular weight is 349 g/mol. The van der Waals surface area contributed by atoms with Crippen LogP contribution in [-0.4, -0.2) is 17.9 Å². The largest absolute Gasteiger partial charge is 0.416 e. The molecule has 3 rings (SSSR count). The molecule has 0 fully saturated rings. The van der Waals surface area contributed by atoms with Crippen molar-refractivity contribution in [2.45, 2.75) is 12.7 Å². The van der Waals surface area contributed by atoms with E-state index in [1.165, 1.54) is 22.3 Å². The minimum Gasteiger partial charge on any atom is -0.337 e. The number of alkyl halides is 3. The van der Waals surface area contributed by atoms with Crippen LogP contribution >= 0.6 is 11.3 Å². The van der Waals surface area contributed by atoms with Gasteiger partial charge in [0.25, 0.3) is 5.91 Å². The van der Waals surface area contributed by atoms with Gasteiger partial charge in [0, 0.05) is 29.1 Å². The Bertz CT molecular complexity index is 885. The topological polar surface area (TPSA) is 20.3 Å². The van der Waals surface area contributed by atoms with E-state index in [1.807, 2.05) is 24.3 Å². The monoisotopic (exact) mass is 349 g/mol. The highest BCUT2D eigenvalue weighted by Gasteiger charge is 2.30. The standard InChI is InChI=1S/C18H14F3NOS/c1-22(10-12-5-4-6-13(9-12)18(19,20)21)17(23)15-11-24-16-8-3-2-7-14(15)16/h2-9,11H,10H2,1H3. The van der Waals surface area contributed by atoms with Gasteiger partial charge in [0.05, 0.1) is 11.1 Å². The SMILES string of the molecule is CN(Cc1cccc(C(F)(F)F)c1)C(=O)c1csc2ccccc12. The van der Waals surface area contributed by atoms with E-state index in [9.17, 15) is 18.0 Å². The molecule has 0 unspecified atom stereocenters. The Labute approximate surface area is 141 Å². The van der Waals surface area contributed by atoms with Gasteiger partial charge in [-0.1, -0.05) is 30.3 Å². The Morgan fingerprint density at radius 2 is 1.88 bits per heavy atom. The lowest BCUT2D eigenvalue weighted by atomic mass is 10.1. The van der Waals surface area contributed by atoms with Gasteiger partial charge in [-0.2, -0.15) is 13.2 Å². The minimum absolute atomic E-state index is 0.118. The second kappa shape index (κ2) is 6.28. The van der Waals surface area contributed by atoms with Crippen LogP contribution in [0.2, 0.25) is 0 Å². The number of carbonyl (C=O) groups excluding carboxylic acids is 1. The van der Waals surface area contributed by atoms with Crippen LogP contribution in [0.1, 0.15) is 21.5 Å². The number of benzene rings is 2. The van der Waals surface area contributed by atoms with Gasteiger partial charge in [-0.25, -0.2) is 0 Å². The molecular formula is C18H14F3NOS. The molecule has 0 aliphatic rings. The first-order valence-electron chi connectivity index (χ1n) is 7.24. The predicted molar refractivity (Wildman–Crippen MR) is 89.1 cm³/mol. The number of rotatable bonds is 3. The Kier molecular flexibility index (Phi) is 4.32. The molecule has 0 saturated carbocycles. The number of thiophene rings is 1. The third-order valence-corrected chi connectivity index (χ3v) is 4.70. The molecule has 124 valence electrons. The Morgan fingerprint density at radius 1 is 1.12 bits per heavy atom. The molecule has 0 N–H and O–H groups in total. The lowest BCUT2D eigenvalue weighted by molar-refractivity contribution is -0.137. The third-order valence-electron chi connectivity index (χ3n) is 3.73. The van der Waals surface area contributed by atoms with E-state index >= 15 is 0 Å². The van der Waals surface area contributed by atoms with Crippen molar-refractivity contribution in [3.05, 3.63) is 70.6 Å². The molecule has 24 heavy (non-hydrogen) atoms. The van der Waals surface area contributed by atoms with Crippen molar-refractivity contribution in [3.63, 3.8) is 0 Å². The van der Waals surface area contributed by atoms with Crippen LogP contribution < -0.4 is 0 Å². The van der Waals surface area contributed by atoms with Gasteiger partial charge in [-0.05, 0) is 23.8 Å². The highest BCUT2D eigenvalue weighted by atomic mass is 32.1. The molecule has 2 nitrogen and oxygen atoms in total. The molecule has 2 aromatic carbocycles. The van der Waals surface area contributed by atoms with Gasteiger partial charge >= 0.3 is 6.18 Å². The highest BCUT2D eigenvalue weighted by Crippen LogP contribution is 2.30. The summed E-state index contributed by atoms with van der Waals surface area (Å²) in [4.78, 5) is 14.1. The van der Waals surface area contributed by atoms with Gasteiger partial charge in [0.2, 0.25) is 0 Å². The van der Waals surface area contributed by atoms with E-state index in [1.54, 1.807) is 18.5 Å². The van der Waals surface area contributed by atoms with Crippen molar-refractivity contribution in [2.24, 2.45) is 0 Å². The first kappa shape index (κ1) is 16.5. The summed E-state index contributed by atoms with van der Waals surface area (Å²) in [6.45, 7) is 0.118. The van der Waals surface area contributed by atoms with Gasteiger partial charge in [-0.15, -0.1) is 11.3 Å². The van der Waals surface area contributed by atoms with E-state index in [-0.39, 0.29) is 12.5 Å². The molecule has 1 amide bonds. The van der Waals surface area contributed by atoms with Crippen LogP contribution in [0.3, 0.4) is 0 Å². The fourth-order valence-electron chi connectivity index (χ4n) is 2.54. The molecule has 0 atom stereocenters. The van der Waals surface area contributed by atoms with E-state index < -0.39 is 11.7 Å².